The molecule has 24 heavy (non-hydrogen) atoms. The third-order valence-corrected chi connectivity index (χ3v) is 3.86. The fourth-order valence-electron chi connectivity index (χ4n) is 2.24. The van der Waals surface area contributed by atoms with E-state index < -0.39 is 11.6 Å². The van der Waals surface area contributed by atoms with Crippen molar-refractivity contribution in [2.75, 3.05) is 0 Å². The van der Waals surface area contributed by atoms with E-state index in [0.717, 1.165) is 16.6 Å². The zero-order chi connectivity index (χ0) is 17.3. The van der Waals surface area contributed by atoms with Gasteiger partial charge >= 0.3 is 0 Å². The Balaban J connectivity index is 2.05. The van der Waals surface area contributed by atoms with Crippen LogP contribution in [0.25, 0.3) is 16.6 Å². The Hall–Kier alpha value is -2.67. The molecule has 0 aliphatic heterocycles. The van der Waals surface area contributed by atoms with Crippen LogP contribution in [0.4, 0.5) is 8.78 Å². The van der Waals surface area contributed by atoms with Gasteiger partial charge in [-0.2, -0.15) is 0 Å². The van der Waals surface area contributed by atoms with Gasteiger partial charge in [-0.15, -0.1) is 0 Å². The van der Waals surface area contributed by atoms with Gasteiger partial charge in [0.05, 0.1) is 22.4 Å². The van der Waals surface area contributed by atoms with Crippen molar-refractivity contribution in [1.82, 2.24) is 9.97 Å². The minimum atomic E-state index is -1.02. The van der Waals surface area contributed by atoms with Gasteiger partial charge in [-0.05, 0) is 52.3 Å². The first kappa shape index (κ1) is 16.2. The molecule has 0 spiro atoms. The number of nitrogens with one attached hydrogen (secondary N) is 1. The largest absolute Gasteiger partial charge is 0.404 e. The number of hydrogen-bond donors (Lipinski definition) is 2. The Labute approximate surface area is 144 Å². The van der Waals surface area contributed by atoms with Gasteiger partial charge in [0.25, 0.3) is 0 Å². The van der Waals surface area contributed by atoms with Crippen LogP contribution in [0.15, 0.2) is 53.3 Å². The van der Waals surface area contributed by atoms with Crippen LogP contribution in [0.5, 0.6) is 0 Å². The highest BCUT2D eigenvalue weighted by atomic mass is 79.9. The molecule has 0 fully saturated rings. The first-order valence-electron chi connectivity index (χ1n) is 6.88. The third-order valence-electron chi connectivity index (χ3n) is 3.42. The molecule has 0 atom stereocenters. The summed E-state index contributed by atoms with van der Waals surface area (Å²) >= 11 is 3.33. The van der Waals surface area contributed by atoms with E-state index in [9.17, 15) is 8.78 Å². The van der Waals surface area contributed by atoms with Crippen molar-refractivity contribution < 1.29 is 8.78 Å². The molecule has 3 N–H and O–H groups in total. The Morgan fingerprint density at radius 1 is 1.08 bits per heavy atom. The lowest BCUT2D eigenvalue weighted by molar-refractivity contribution is 0.508. The van der Waals surface area contributed by atoms with E-state index in [1.807, 2.05) is 0 Å². The highest BCUT2D eigenvalue weighted by Gasteiger charge is 2.14. The van der Waals surface area contributed by atoms with Gasteiger partial charge in [0.1, 0.15) is 0 Å². The summed E-state index contributed by atoms with van der Waals surface area (Å²) in [5.74, 6) is -1.99. The molecule has 2 heterocycles. The summed E-state index contributed by atoms with van der Waals surface area (Å²) in [5.41, 5.74) is 7.88. The van der Waals surface area contributed by atoms with Crippen LogP contribution < -0.4 is 5.73 Å². The summed E-state index contributed by atoms with van der Waals surface area (Å²) in [5, 5.41) is 8.24. The van der Waals surface area contributed by atoms with Gasteiger partial charge in [0.15, 0.2) is 11.6 Å². The van der Waals surface area contributed by atoms with Crippen LogP contribution in [0.3, 0.4) is 0 Å². The van der Waals surface area contributed by atoms with Crippen LogP contribution >= 0.6 is 15.9 Å². The van der Waals surface area contributed by atoms with Crippen molar-refractivity contribution in [2.24, 2.45) is 5.73 Å². The average molecular weight is 389 g/mol. The predicted octanol–water partition coefficient (Wildman–Crippen LogP) is 4.04. The summed E-state index contributed by atoms with van der Waals surface area (Å²) in [6.07, 6.45) is 2.88. The smallest absolute Gasteiger partial charge is 0.159 e. The van der Waals surface area contributed by atoms with Gasteiger partial charge in [0.2, 0.25) is 0 Å². The van der Waals surface area contributed by atoms with Gasteiger partial charge in [-0.1, -0.05) is 0 Å². The number of fused-ring (bicyclic) bond motifs is 1. The van der Waals surface area contributed by atoms with Crippen molar-refractivity contribution in [1.29, 1.82) is 5.41 Å². The van der Waals surface area contributed by atoms with Crippen molar-refractivity contribution in [3.63, 3.8) is 0 Å². The van der Waals surface area contributed by atoms with Gasteiger partial charge < -0.3 is 5.73 Å². The lowest BCUT2D eigenvalue weighted by Gasteiger charge is -2.10. The van der Waals surface area contributed by atoms with E-state index in [2.05, 4.69) is 25.9 Å². The first-order chi connectivity index (χ1) is 11.5. The normalized spacial score (nSPS) is 11.7. The standard InChI is InChI=1S/C17H11BrF2N4/c18-10-6-16-15(23-8-10)4-3-14(24-16)11(7-21)17(22)9-1-2-12(19)13(20)5-9/h1-8,22H,21H2/b11-7-,22-17?. The van der Waals surface area contributed by atoms with Crippen molar-refractivity contribution in [2.45, 2.75) is 0 Å². The van der Waals surface area contributed by atoms with Crippen molar-refractivity contribution >= 4 is 38.2 Å². The first-order valence-corrected chi connectivity index (χ1v) is 7.68. The molecular formula is C17H11BrF2N4. The van der Waals surface area contributed by atoms with Gasteiger partial charge in [-0.3, -0.25) is 10.4 Å². The topological polar surface area (TPSA) is 75.7 Å². The number of nitrogens with zero attached hydrogens (tertiary/aromatic N) is 2. The van der Waals surface area contributed by atoms with Gasteiger partial charge in [-0.25, -0.2) is 13.8 Å². The Bertz CT molecular complexity index is 985. The number of allylic oxidation sites excluding steroid dienone is 1. The average Bonchev–Trinajstić information content (AvgIpc) is 2.57. The lowest BCUT2D eigenvalue weighted by atomic mass is 10.00. The molecule has 0 amide bonds. The predicted molar refractivity (Wildman–Crippen MR) is 92.6 cm³/mol. The summed E-state index contributed by atoms with van der Waals surface area (Å²) in [4.78, 5) is 8.67. The maximum Gasteiger partial charge on any atom is 0.159 e. The minimum Gasteiger partial charge on any atom is -0.404 e. The molecule has 1 aromatic carbocycles. The molecule has 0 aliphatic carbocycles. The second kappa shape index (κ2) is 6.45. The van der Waals surface area contributed by atoms with Crippen LogP contribution in [-0.2, 0) is 0 Å². The van der Waals surface area contributed by atoms with Gasteiger partial charge in [0, 0.05) is 28.0 Å². The highest BCUT2D eigenvalue weighted by Crippen LogP contribution is 2.22. The Kier molecular flexibility index (Phi) is 4.35. The van der Waals surface area contributed by atoms with Crippen LogP contribution in [0, 0.1) is 17.0 Å². The number of pyridine rings is 2. The highest BCUT2D eigenvalue weighted by molar-refractivity contribution is 9.10. The third kappa shape index (κ3) is 3.03. The zero-order valence-electron chi connectivity index (χ0n) is 12.2. The summed E-state index contributed by atoms with van der Waals surface area (Å²) < 4.78 is 27.3. The van der Waals surface area contributed by atoms with Crippen LogP contribution in [0.1, 0.15) is 11.3 Å². The SMILES string of the molecule is N=C(/C(=C\N)c1ccc2ncc(Br)cc2n1)c1ccc(F)c(F)c1. The molecule has 120 valence electrons. The quantitative estimate of drug-likeness (QED) is 0.664. The van der Waals surface area contributed by atoms with E-state index in [4.69, 9.17) is 11.1 Å². The number of halogens is 3. The van der Waals surface area contributed by atoms with E-state index in [1.165, 1.54) is 12.3 Å². The summed E-state index contributed by atoms with van der Waals surface area (Å²) in [7, 11) is 0. The Morgan fingerprint density at radius 2 is 1.88 bits per heavy atom. The molecule has 3 rings (SSSR count). The van der Waals surface area contributed by atoms with E-state index in [0.29, 0.717) is 22.3 Å². The number of rotatable bonds is 3. The fraction of sp³-hybridized carbons (Fsp3) is 0. The Morgan fingerprint density at radius 3 is 2.58 bits per heavy atom. The molecule has 0 bridgehead atoms. The fourth-order valence-corrected chi connectivity index (χ4v) is 2.56. The molecule has 4 nitrogen and oxygen atoms in total. The van der Waals surface area contributed by atoms with Crippen molar-refractivity contribution in [3.05, 3.63) is 76.2 Å². The number of hydrogen-bond acceptors (Lipinski definition) is 4. The maximum atomic E-state index is 13.4. The molecule has 0 saturated heterocycles. The minimum absolute atomic E-state index is 0.0498. The second-order valence-corrected chi connectivity index (χ2v) is 5.89. The van der Waals surface area contributed by atoms with E-state index in [-0.39, 0.29) is 11.3 Å². The molecule has 2 aromatic heterocycles. The molecule has 0 saturated carbocycles. The maximum absolute atomic E-state index is 13.4. The van der Waals surface area contributed by atoms with Crippen LogP contribution in [-0.4, -0.2) is 15.7 Å². The molecule has 0 unspecified atom stereocenters. The lowest BCUT2D eigenvalue weighted by Crippen LogP contribution is -2.07. The number of nitrogens with two attached hydrogens (primary N) is 1. The zero-order valence-corrected chi connectivity index (χ0v) is 13.8. The summed E-state index contributed by atoms with van der Waals surface area (Å²) in [6.45, 7) is 0. The number of aromatic nitrogens is 2. The van der Waals surface area contributed by atoms with E-state index in [1.54, 1.807) is 24.4 Å². The summed E-state index contributed by atoms with van der Waals surface area (Å²) in [6, 6.07) is 8.48. The number of benzene rings is 1. The molecule has 7 heteroatoms. The second-order valence-electron chi connectivity index (χ2n) is 4.97. The monoisotopic (exact) mass is 388 g/mol. The molecular weight excluding hydrogens is 378 g/mol. The molecule has 3 aromatic rings. The van der Waals surface area contributed by atoms with Crippen molar-refractivity contribution in [3.8, 4) is 0 Å². The van der Waals surface area contributed by atoms with E-state index >= 15 is 0 Å². The molecule has 0 radical (unpaired) electrons. The van der Waals surface area contributed by atoms with Crippen LogP contribution in [0.2, 0.25) is 0 Å². The molecule has 0 aliphatic rings.